The lowest BCUT2D eigenvalue weighted by molar-refractivity contribution is -0.150. The molecule has 0 spiro atoms. The summed E-state index contributed by atoms with van der Waals surface area (Å²) in [7, 11) is 0. The highest BCUT2D eigenvalue weighted by molar-refractivity contribution is 5.87. The van der Waals surface area contributed by atoms with Crippen molar-refractivity contribution in [3.05, 3.63) is 35.9 Å². The topological polar surface area (TPSA) is 70.1 Å². The summed E-state index contributed by atoms with van der Waals surface area (Å²) in [6.07, 6.45) is 4.05. The van der Waals surface area contributed by atoms with Crippen molar-refractivity contribution in [3.8, 4) is 0 Å². The van der Waals surface area contributed by atoms with Crippen LogP contribution in [-0.2, 0) is 16.1 Å². The smallest absolute Gasteiger partial charge is 0.410 e. The van der Waals surface area contributed by atoms with Crippen LogP contribution in [0.4, 0.5) is 4.79 Å². The number of hydrogen-bond acceptors (Lipinski definition) is 4. The summed E-state index contributed by atoms with van der Waals surface area (Å²) in [5, 5.41) is 9.11. The molecule has 0 aromatic heterocycles. The zero-order chi connectivity index (χ0) is 18.5. The van der Waals surface area contributed by atoms with Crippen molar-refractivity contribution in [1.29, 1.82) is 0 Å². The number of piperazine rings is 1. The van der Waals surface area contributed by atoms with Crippen molar-refractivity contribution < 1.29 is 19.4 Å². The number of benzene rings is 1. The van der Waals surface area contributed by atoms with Crippen LogP contribution in [0, 0.1) is 0 Å². The molecule has 0 aliphatic carbocycles. The normalized spacial score (nSPS) is 25.8. The van der Waals surface area contributed by atoms with Gasteiger partial charge in [0, 0.05) is 25.2 Å². The number of aliphatic hydroxyl groups is 1. The lowest BCUT2D eigenvalue weighted by atomic mass is 9.89. The summed E-state index contributed by atoms with van der Waals surface area (Å²) in [6, 6.07) is 9.27. The molecule has 1 aromatic carbocycles. The lowest BCUT2D eigenvalue weighted by Gasteiger charge is -2.50. The van der Waals surface area contributed by atoms with Crippen LogP contribution < -0.4 is 0 Å². The summed E-state index contributed by atoms with van der Waals surface area (Å²) >= 11 is 0. The average Bonchev–Trinajstić information content (AvgIpc) is 2.67. The maximum absolute atomic E-state index is 12.9. The van der Waals surface area contributed by atoms with Gasteiger partial charge in [0.1, 0.15) is 12.6 Å². The van der Waals surface area contributed by atoms with E-state index < -0.39 is 12.1 Å². The van der Waals surface area contributed by atoms with E-state index in [1.54, 1.807) is 11.8 Å². The highest BCUT2D eigenvalue weighted by Crippen LogP contribution is 2.31. The minimum atomic E-state index is -0.510. The molecule has 2 amide bonds. The molecule has 2 aliphatic heterocycles. The Bertz CT molecular complexity index is 621. The van der Waals surface area contributed by atoms with Gasteiger partial charge in [-0.05, 0) is 44.6 Å². The maximum Gasteiger partial charge on any atom is 0.410 e. The quantitative estimate of drug-likeness (QED) is 0.876. The van der Waals surface area contributed by atoms with Crippen LogP contribution in [0.2, 0.25) is 0 Å². The van der Waals surface area contributed by atoms with E-state index in [0.29, 0.717) is 13.0 Å². The van der Waals surface area contributed by atoms with Crippen LogP contribution in [0.5, 0.6) is 0 Å². The molecule has 2 fully saturated rings. The van der Waals surface area contributed by atoms with Crippen molar-refractivity contribution in [1.82, 2.24) is 9.80 Å². The molecule has 6 nitrogen and oxygen atoms in total. The summed E-state index contributed by atoms with van der Waals surface area (Å²) in [5.74, 6) is 0.000510. The molecule has 1 aromatic rings. The number of hydrogen-bond donors (Lipinski definition) is 1. The van der Waals surface area contributed by atoms with Gasteiger partial charge in [0.05, 0.1) is 0 Å². The van der Waals surface area contributed by atoms with E-state index in [1.165, 1.54) is 0 Å². The number of amides is 2. The third-order valence-corrected chi connectivity index (χ3v) is 5.48. The summed E-state index contributed by atoms with van der Waals surface area (Å²) in [5.41, 5.74) is 0.931. The molecule has 0 radical (unpaired) electrons. The Labute approximate surface area is 154 Å². The summed E-state index contributed by atoms with van der Waals surface area (Å²) < 4.78 is 5.44. The van der Waals surface area contributed by atoms with Crippen LogP contribution in [0.15, 0.2) is 30.3 Å². The van der Waals surface area contributed by atoms with Crippen LogP contribution >= 0.6 is 0 Å². The van der Waals surface area contributed by atoms with E-state index in [0.717, 1.165) is 31.2 Å². The predicted octanol–water partition coefficient (Wildman–Crippen LogP) is 2.55. The van der Waals surface area contributed by atoms with Gasteiger partial charge in [-0.25, -0.2) is 4.79 Å². The molecule has 0 bridgehead atoms. The Morgan fingerprint density at radius 3 is 2.77 bits per heavy atom. The van der Waals surface area contributed by atoms with E-state index in [9.17, 15) is 9.59 Å². The van der Waals surface area contributed by atoms with Crippen LogP contribution in [0.25, 0.3) is 0 Å². The Balaban J connectivity index is 1.64. The molecule has 2 heterocycles. The fourth-order valence-electron chi connectivity index (χ4n) is 4.08. The Morgan fingerprint density at radius 2 is 2.04 bits per heavy atom. The van der Waals surface area contributed by atoms with Gasteiger partial charge in [-0.15, -0.1) is 0 Å². The Hall–Kier alpha value is -2.08. The SMILES string of the molecule is C[C@H]1C(=O)N2[C@@H](CCCO)CCC[C@H]2CN1C(=O)OCc1ccccc1. The fraction of sp³-hybridized carbons (Fsp3) is 0.600. The van der Waals surface area contributed by atoms with Gasteiger partial charge in [-0.2, -0.15) is 0 Å². The monoisotopic (exact) mass is 360 g/mol. The molecular formula is C20H28N2O4. The highest BCUT2D eigenvalue weighted by Gasteiger charge is 2.44. The van der Waals surface area contributed by atoms with E-state index in [4.69, 9.17) is 9.84 Å². The second-order valence-electron chi connectivity index (χ2n) is 7.22. The van der Waals surface area contributed by atoms with Crippen molar-refractivity contribution in [2.75, 3.05) is 13.2 Å². The number of rotatable bonds is 5. The fourth-order valence-corrected chi connectivity index (χ4v) is 4.08. The van der Waals surface area contributed by atoms with Gasteiger partial charge in [-0.3, -0.25) is 9.69 Å². The first-order valence-corrected chi connectivity index (χ1v) is 9.52. The molecular weight excluding hydrogens is 332 g/mol. The Kier molecular flexibility index (Phi) is 6.14. The predicted molar refractivity (Wildman–Crippen MR) is 97.4 cm³/mol. The van der Waals surface area contributed by atoms with Gasteiger partial charge < -0.3 is 14.7 Å². The van der Waals surface area contributed by atoms with Crippen LogP contribution in [0.3, 0.4) is 0 Å². The number of aliphatic hydroxyl groups excluding tert-OH is 1. The second kappa shape index (κ2) is 8.54. The largest absolute Gasteiger partial charge is 0.445 e. The van der Waals surface area contributed by atoms with Crippen molar-refractivity contribution in [3.63, 3.8) is 0 Å². The first kappa shape index (κ1) is 18.7. The molecule has 2 saturated heterocycles. The molecule has 0 unspecified atom stereocenters. The number of ether oxygens (including phenoxy) is 1. The maximum atomic E-state index is 12.9. The molecule has 26 heavy (non-hydrogen) atoms. The molecule has 142 valence electrons. The van der Waals surface area contributed by atoms with E-state index in [2.05, 4.69) is 0 Å². The lowest BCUT2D eigenvalue weighted by Crippen LogP contribution is -2.65. The van der Waals surface area contributed by atoms with E-state index in [-0.39, 0.29) is 31.2 Å². The van der Waals surface area contributed by atoms with Crippen molar-refractivity contribution >= 4 is 12.0 Å². The van der Waals surface area contributed by atoms with Gasteiger partial charge >= 0.3 is 6.09 Å². The zero-order valence-electron chi connectivity index (χ0n) is 15.3. The van der Waals surface area contributed by atoms with Gasteiger partial charge in [0.15, 0.2) is 0 Å². The van der Waals surface area contributed by atoms with Crippen molar-refractivity contribution in [2.24, 2.45) is 0 Å². The van der Waals surface area contributed by atoms with Crippen LogP contribution in [-0.4, -0.2) is 58.2 Å². The minimum Gasteiger partial charge on any atom is -0.445 e. The van der Waals surface area contributed by atoms with Gasteiger partial charge in [-0.1, -0.05) is 30.3 Å². The van der Waals surface area contributed by atoms with E-state index in [1.807, 2.05) is 35.2 Å². The Morgan fingerprint density at radius 1 is 1.27 bits per heavy atom. The molecule has 2 aliphatic rings. The van der Waals surface area contributed by atoms with Crippen molar-refractivity contribution in [2.45, 2.75) is 63.8 Å². The standard InChI is InChI=1S/C20H28N2O4/c1-15-19(24)22-17(11-6-12-23)9-5-10-18(22)13-21(15)20(25)26-14-16-7-3-2-4-8-16/h2-4,7-8,15,17-18,23H,5-6,9-14H2,1H3/t15-,17+,18-/m0/s1. The number of carbonyl (C=O) groups is 2. The van der Waals surface area contributed by atoms with Gasteiger partial charge in [0.25, 0.3) is 0 Å². The van der Waals surface area contributed by atoms with Crippen LogP contribution in [0.1, 0.15) is 44.6 Å². The number of fused-ring (bicyclic) bond motifs is 1. The number of piperidine rings is 1. The van der Waals surface area contributed by atoms with E-state index >= 15 is 0 Å². The molecule has 3 atom stereocenters. The minimum absolute atomic E-state index is 0.000510. The summed E-state index contributed by atoms with van der Waals surface area (Å²) in [6.45, 7) is 2.66. The average molecular weight is 360 g/mol. The first-order chi connectivity index (χ1) is 12.6. The molecule has 3 rings (SSSR count). The second-order valence-corrected chi connectivity index (χ2v) is 7.22. The molecule has 1 N–H and O–H groups in total. The number of carbonyl (C=O) groups excluding carboxylic acids is 2. The third kappa shape index (κ3) is 4.01. The summed E-state index contributed by atoms with van der Waals surface area (Å²) in [4.78, 5) is 29.0. The number of nitrogens with zero attached hydrogens (tertiary/aromatic N) is 2. The molecule has 0 saturated carbocycles. The first-order valence-electron chi connectivity index (χ1n) is 9.52. The zero-order valence-corrected chi connectivity index (χ0v) is 15.3. The molecule has 6 heteroatoms. The van der Waals surface area contributed by atoms with Gasteiger partial charge in [0.2, 0.25) is 5.91 Å². The third-order valence-electron chi connectivity index (χ3n) is 5.48. The highest BCUT2D eigenvalue weighted by atomic mass is 16.6.